The Kier molecular flexibility index (Phi) is 4.05. The van der Waals surface area contributed by atoms with Crippen LogP contribution in [0.4, 0.5) is 5.69 Å². The zero-order valence-electron chi connectivity index (χ0n) is 10.2. The molecule has 19 heavy (non-hydrogen) atoms. The highest BCUT2D eigenvalue weighted by molar-refractivity contribution is 6.04. The molecule has 0 spiro atoms. The van der Waals surface area contributed by atoms with Gasteiger partial charge in [-0.2, -0.15) is 0 Å². The summed E-state index contributed by atoms with van der Waals surface area (Å²) in [6.07, 6.45) is 0.725. The number of benzene rings is 2. The maximum absolute atomic E-state index is 12.0. The lowest BCUT2D eigenvalue weighted by Gasteiger charge is -2.09. The number of anilines is 1. The summed E-state index contributed by atoms with van der Waals surface area (Å²) in [5.74, 6) is -0.279. The molecule has 0 atom stereocenters. The fraction of sp³-hybridized carbons (Fsp3) is 0.0667. The summed E-state index contributed by atoms with van der Waals surface area (Å²) < 4.78 is 0. The molecule has 2 aromatic carbocycles. The quantitative estimate of drug-likeness (QED) is 0.823. The van der Waals surface area contributed by atoms with Crippen molar-refractivity contribution in [2.24, 2.45) is 0 Å². The summed E-state index contributed by atoms with van der Waals surface area (Å²) in [6.45, 7) is -0.138. The van der Waals surface area contributed by atoms with E-state index in [0.717, 1.165) is 6.29 Å². The molecule has 0 heterocycles. The Morgan fingerprint density at radius 1 is 1.11 bits per heavy atom. The van der Waals surface area contributed by atoms with Crippen LogP contribution in [-0.4, -0.2) is 17.3 Å². The predicted molar refractivity (Wildman–Crippen MR) is 72.1 cm³/mol. The molecule has 4 nitrogen and oxygen atoms in total. The maximum Gasteiger partial charge on any atom is 0.255 e. The zero-order valence-corrected chi connectivity index (χ0v) is 10.2. The van der Waals surface area contributed by atoms with E-state index in [9.17, 15) is 14.7 Å². The van der Waals surface area contributed by atoms with Crippen LogP contribution in [0.25, 0.3) is 0 Å². The van der Waals surface area contributed by atoms with Gasteiger partial charge in [0.25, 0.3) is 5.91 Å². The van der Waals surface area contributed by atoms with Gasteiger partial charge in [0.2, 0.25) is 0 Å². The van der Waals surface area contributed by atoms with Crippen molar-refractivity contribution in [2.75, 3.05) is 5.32 Å². The monoisotopic (exact) mass is 255 g/mol. The lowest BCUT2D eigenvalue weighted by Crippen LogP contribution is -2.13. The molecule has 2 aromatic rings. The number of aldehydes is 1. The zero-order chi connectivity index (χ0) is 13.7. The molecule has 0 unspecified atom stereocenters. The van der Waals surface area contributed by atoms with Gasteiger partial charge in [-0.05, 0) is 18.2 Å². The Labute approximate surface area is 110 Å². The van der Waals surface area contributed by atoms with E-state index in [4.69, 9.17) is 0 Å². The summed E-state index contributed by atoms with van der Waals surface area (Å²) in [6, 6.07) is 13.4. The first kappa shape index (κ1) is 13.0. The lowest BCUT2D eigenvalue weighted by molar-refractivity contribution is 0.102. The van der Waals surface area contributed by atoms with Crippen LogP contribution in [0.15, 0.2) is 48.5 Å². The topological polar surface area (TPSA) is 66.4 Å². The number of carbonyl (C=O) groups is 2. The largest absolute Gasteiger partial charge is 0.392 e. The molecule has 0 aliphatic carbocycles. The molecular formula is C15H13NO3. The number of rotatable bonds is 4. The molecule has 4 heteroatoms. The highest BCUT2D eigenvalue weighted by Crippen LogP contribution is 2.16. The van der Waals surface area contributed by atoms with Gasteiger partial charge in [-0.15, -0.1) is 0 Å². The molecular weight excluding hydrogens is 242 g/mol. The number of aliphatic hydroxyl groups is 1. The second kappa shape index (κ2) is 5.93. The average Bonchev–Trinajstić information content (AvgIpc) is 2.48. The third kappa shape index (κ3) is 3.05. The van der Waals surface area contributed by atoms with Crippen molar-refractivity contribution < 1.29 is 14.7 Å². The first-order chi connectivity index (χ1) is 9.24. The van der Waals surface area contributed by atoms with Gasteiger partial charge in [0.1, 0.15) is 6.29 Å². The molecule has 0 bridgehead atoms. The van der Waals surface area contributed by atoms with Gasteiger partial charge in [0.05, 0.1) is 6.61 Å². The Bertz CT molecular complexity index is 591. The Balaban J connectivity index is 2.18. The van der Waals surface area contributed by atoms with Gasteiger partial charge >= 0.3 is 0 Å². The van der Waals surface area contributed by atoms with Crippen LogP contribution in [0.3, 0.4) is 0 Å². The van der Waals surface area contributed by atoms with Crippen LogP contribution in [0, 0.1) is 0 Å². The average molecular weight is 255 g/mol. The summed E-state index contributed by atoms with van der Waals surface area (Å²) in [5, 5.41) is 11.9. The minimum absolute atomic E-state index is 0.138. The molecule has 0 radical (unpaired) electrons. The molecule has 96 valence electrons. The third-order valence-electron chi connectivity index (χ3n) is 2.74. The van der Waals surface area contributed by atoms with Crippen molar-refractivity contribution in [3.63, 3.8) is 0 Å². The van der Waals surface area contributed by atoms with Crippen molar-refractivity contribution in [1.29, 1.82) is 0 Å². The number of hydrogen-bond donors (Lipinski definition) is 2. The molecule has 0 saturated carbocycles. The van der Waals surface area contributed by atoms with E-state index >= 15 is 0 Å². The molecule has 0 aliphatic heterocycles. The minimum atomic E-state index is -0.279. The molecule has 1 amide bonds. The van der Waals surface area contributed by atoms with Crippen LogP contribution >= 0.6 is 0 Å². The van der Waals surface area contributed by atoms with Crippen molar-refractivity contribution in [2.45, 2.75) is 6.61 Å². The number of carbonyl (C=O) groups excluding carboxylic acids is 2. The van der Waals surface area contributed by atoms with Gasteiger partial charge in [0, 0.05) is 22.4 Å². The van der Waals surface area contributed by atoms with Crippen LogP contribution in [0.5, 0.6) is 0 Å². The molecule has 0 aromatic heterocycles. The molecule has 0 fully saturated rings. The van der Waals surface area contributed by atoms with Crippen LogP contribution in [0.2, 0.25) is 0 Å². The van der Waals surface area contributed by atoms with E-state index in [1.165, 1.54) is 0 Å². The fourth-order valence-corrected chi connectivity index (χ4v) is 1.69. The van der Waals surface area contributed by atoms with Crippen molar-refractivity contribution in [3.05, 3.63) is 65.2 Å². The number of nitrogens with one attached hydrogen (secondary N) is 1. The van der Waals surface area contributed by atoms with Gasteiger partial charge in [0.15, 0.2) is 0 Å². The SMILES string of the molecule is O=Cc1ccc(C(=O)Nc2ccccc2CO)cc1. The summed E-state index contributed by atoms with van der Waals surface area (Å²) in [5.41, 5.74) is 2.21. The first-order valence-electron chi connectivity index (χ1n) is 5.80. The maximum atomic E-state index is 12.0. The molecule has 0 saturated heterocycles. The number of hydrogen-bond acceptors (Lipinski definition) is 3. The standard InChI is InChI=1S/C15H13NO3/c17-9-11-5-7-12(8-6-11)15(19)16-14-4-2-1-3-13(14)10-18/h1-9,18H,10H2,(H,16,19). The van der Waals surface area contributed by atoms with E-state index in [1.54, 1.807) is 48.5 Å². The van der Waals surface area contributed by atoms with Crippen LogP contribution < -0.4 is 5.32 Å². The van der Waals surface area contributed by atoms with Crippen molar-refractivity contribution in [1.82, 2.24) is 0 Å². The Morgan fingerprint density at radius 2 is 1.79 bits per heavy atom. The third-order valence-corrected chi connectivity index (χ3v) is 2.74. The van der Waals surface area contributed by atoms with Gasteiger partial charge in [-0.1, -0.05) is 30.3 Å². The number of para-hydroxylation sites is 1. The highest BCUT2D eigenvalue weighted by atomic mass is 16.3. The van der Waals surface area contributed by atoms with Crippen LogP contribution in [0.1, 0.15) is 26.3 Å². The van der Waals surface area contributed by atoms with E-state index in [2.05, 4.69) is 5.32 Å². The number of aliphatic hydroxyl groups excluding tert-OH is 1. The fourth-order valence-electron chi connectivity index (χ4n) is 1.69. The predicted octanol–water partition coefficient (Wildman–Crippen LogP) is 2.24. The van der Waals surface area contributed by atoms with Crippen LogP contribution in [-0.2, 0) is 6.61 Å². The molecule has 2 rings (SSSR count). The van der Waals surface area contributed by atoms with E-state index in [-0.39, 0.29) is 12.5 Å². The smallest absolute Gasteiger partial charge is 0.255 e. The van der Waals surface area contributed by atoms with Crippen molar-refractivity contribution in [3.8, 4) is 0 Å². The summed E-state index contributed by atoms with van der Waals surface area (Å²) >= 11 is 0. The summed E-state index contributed by atoms with van der Waals surface area (Å²) in [7, 11) is 0. The lowest BCUT2D eigenvalue weighted by atomic mass is 10.1. The second-order valence-corrected chi connectivity index (χ2v) is 4.01. The molecule has 2 N–H and O–H groups in total. The van der Waals surface area contributed by atoms with Gasteiger partial charge in [-0.25, -0.2) is 0 Å². The van der Waals surface area contributed by atoms with E-state index < -0.39 is 0 Å². The van der Waals surface area contributed by atoms with E-state index in [0.29, 0.717) is 22.4 Å². The van der Waals surface area contributed by atoms with Gasteiger partial charge < -0.3 is 10.4 Å². The highest BCUT2D eigenvalue weighted by Gasteiger charge is 2.08. The summed E-state index contributed by atoms with van der Waals surface area (Å²) in [4.78, 5) is 22.5. The van der Waals surface area contributed by atoms with Crippen molar-refractivity contribution >= 4 is 17.9 Å². The molecule has 0 aliphatic rings. The Morgan fingerprint density at radius 3 is 2.42 bits per heavy atom. The normalized spacial score (nSPS) is 9.95. The second-order valence-electron chi connectivity index (χ2n) is 4.01. The van der Waals surface area contributed by atoms with E-state index in [1.807, 2.05) is 0 Å². The minimum Gasteiger partial charge on any atom is -0.392 e. The number of amides is 1. The first-order valence-corrected chi connectivity index (χ1v) is 5.80. The van der Waals surface area contributed by atoms with Gasteiger partial charge in [-0.3, -0.25) is 9.59 Å². The Hall–Kier alpha value is -2.46.